The zero-order valence-corrected chi connectivity index (χ0v) is 11.5. The molecule has 0 radical (unpaired) electrons. The van der Waals surface area contributed by atoms with Crippen LogP contribution in [0.2, 0.25) is 0 Å². The third kappa shape index (κ3) is 3.50. The van der Waals surface area contributed by atoms with E-state index in [0.29, 0.717) is 18.9 Å². The molecule has 1 aliphatic rings. The van der Waals surface area contributed by atoms with E-state index < -0.39 is 5.97 Å². The number of ether oxygens (including phenoxy) is 1. The Labute approximate surface area is 118 Å². The quantitative estimate of drug-likeness (QED) is 0.894. The Morgan fingerprint density at radius 3 is 3.05 bits per heavy atom. The number of carboxylic acids is 1. The number of amides is 1. The number of carbonyl (C=O) groups is 2. The molecular formula is C15H19NO4. The van der Waals surface area contributed by atoms with Gasteiger partial charge in [0.1, 0.15) is 12.4 Å². The molecule has 1 saturated heterocycles. The van der Waals surface area contributed by atoms with E-state index in [1.54, 1.807) is 12.1 Å². The summed E-state index contributed by atoms with van der Waals surface area (Å²) in [5, 5.41) is 8.89. The summed E-state index contributed by atoms with van der Waals surface area (Å²) in [6.45, 7) is 3.65. The highest BCUT2D eigenvalue weighted by atomic mass is 16.5. The molecule has 0 aliphatic carbocycles. The summed E-state index contributed by atoms with van der Waals surface area (Å²) in [4.78, 5) is 24.6. The van der Waals surface area contributed by atoms with Crippen molar-refractivity contribution in [2.45, 2.75) is 19.8 Å². The lowest BCUT2D eigenvalue weighted by Gasteiger charge is -2.30. The minimum atomic E-state index is -0.976. The third-order valence-electron chi connectivity index (χ3n) is 3.51. The van der Waals surface area contributed by atoms with Crippen molar-refractivity contribution in [3.8, 4) is 5.75 Å². The second kappa shape index (κ2) is 6.41. The molecule has 1 fully saturated rings. The van der Waals surface area contributed by atoms with Crippen LogP contribution in [-0.4, -0.2) is 41.6 Å². The minimum absolute atomic E-state index is 0.0964. The average molecular weight is 277 g/mol. The SMILES string of the molecule is CC1CCCN(CCOc2cccc(C(=O)O)c2)C1=O. The average Bonchev–Trinajstić information content (AvgIpc) is 2.44. The van der Waals surface area contributed by atoms with Crippen molar-refractivity contribution in [1.29, 1.82) is 0 Å². The smallest absolute Gasteiger partial charge is 0.335 e. The van der Waals surface area contributed by atoms with Gasteiger partial charge in [-0.1, -0.05) is 13.0 Å². The highest BCUT2D eigenvalue weighted by Crippen LogP contribution is 2.17. The molecule has 1 heterocycles. The monoisotopic (exact) mass is 277 g/mol. The van der Waals surface area contributed by atoms with E-state index in [1.165, 1.54) is 12.1 Å². The zero-order chi connectivity index (χ0) is 14.5. The van der Waals surface area contributed by atoms with Crippen molar-refractivity contribution in [2.75, 3.05) is 19.7 Å². The summed E-state index contributed by atoms with van der Waals surface area (Å²) in [5.41, 5.74) is 0.199. The summed E-state index contributed by atoms with van der Waals surface area (Å²) in [7, 11) is 0. The zero-order valence-electron chi connectivity index (χ0n) is 11.5. The molecule has 2 rings (SSSR count). The van der Waals surface area contributed by atoms with E-state index in [-0.39, 0.29) is 17.4 Å². The van der Waals surface area contributed by atoms with Gasteiger partial charge in [-0.3, -0.25) is 4.79 Å². The lowest BCUT2D eigenvalue weighted by molar-refractivity contribution is -0.138. The first kappa shape index (κ1) is 14.4. The van der Waals surface area contributed by atoms with E-state index in [4.69, 9.17) is 9.84 Å². The summed E-state index contributed by atoms with van der Waals surface area (Å²) < 4.78 is 5.53. The van der Waals surface area contributed by atoms with Crippen LogP contribution in [0.3, 0.4) is 0 Å². The van der Waals surface area contributed by atoms with E-state index >= 15 is 0 Å². The van der Waals surface area contributed by atoms with Crippen LogP contribution in [0.15, 0.2) is 24.3 Å². The fraction of sp³-hybridized carbons (Fsp3) is 0.467. The minimum Gasteiger partial charge on any atom is -0.492 e. The Hall–Kier alpha value is -2.04. The number of piperidine rings is 1. The topological polar surface area (TPSA) is 66.8 Å². The number of nitrogens with zero attached hydrogens (tertiary/aromatic N) is 1. The van der Waals surface area contributed by atoms with Crippen molar-refractivity contribution in [3.05, 3.63) is 29.8 Å². The van der Waals surface area contributed by atoms with Crippen molar-refractivity contribution in [1.82, 2.24) is 4.90 Å². The summed E-state index contributed by atoms with van der Waals surface area (Å²) >= 11 is 0. The van der Waals surface area contributed by atoms with Crippen LogP contribution in [0.1, 0.15) is 30.1 Å². The van der Waals surface area contributed by atoms with Gasteiger partial charge in [0.2, 0.25) is 5.91 Å². The molecule has 108 valence electrons. The van der Waals surface area contributed by atoms with Gasteiger partial charge >= 0.3 is 5.97 Å². The predicted octanol–water partition coefficient (Wildman–Crippen LogP) is 2.02. The number of aromatic carboxylic acids is 1. The molecule has 0 bridgehead atoms. The molecule has 0 spiro atoms. The second-order valence-corrected chi connectivity index (χ2v) is 5.05. The van der Waals surface area contributed by atoms with Gasteiger partial charge in [-0.25, -0.2) is 4.79 Å². The molecule has 5 nitrogen and oxygen atoms in total. The Morgan fingerprint density at radius 2 is 2.30 bits per heavy atom. The summed E-state index contributed by atoms with van der Waals surface area (Å²) in [6, 6.07) is 6.37. The standard InChI is InChI=1S/C15H19NO4/c1-11-4-3-7-16(14(11)17)8-9-20-13-6-2-5-12(10-13)15(18)19/h2,5-6,10-11H,3-4,7-9H2,1H3,(H,18,19). The van der Waals surface area contributed by atoms with Crippen LogP contribution in [0, 0.1) is 5.92 Å². The summed E-state index contributed by atoms with van der Waals surface area (Å²) in [5.74, 6) is -0.184. The first-order valence-electron chi connectivity index (χ1n) is 6.83. The van der Waals surface area contributed by atoms with Crippen molar-refractivity contribution in [2.24, 2.45) is 5.92 Å². The van der Waals surface area contributed by atoms with Gasteiger partial charge in [0.15, 0.2) is 0 Å². The molecular weight excluding hydrogens is 258 g/mol. The number of hydrogen-bond donors (Lipinski definition) is 1. The molecule has 0 aromatic heterocycles. The van der Waals surface area contributed by atoms with Crippen molar-refractivity contribution in [3.63, 3.8) is 0 Å². The third-order valence-corrected chi connectivity index (χ3v) is 3.51. The first-order valence-corrected chi connectivity index (χ1v) is 6.83. The molecule has 20 heavy (non-hydrogen) atoms. The largest absolute Gasteiger partial charge is 0.492 e. The maximum atomic E-state index is 11.9. The maximum absolute atomic E-state index is 11.9. The normalized spacial score (nSPS) is 18.9. The number of benzene rings is 1. The highest BCUT2D eigenvalue weighted by molar-refractivity contribution is 5.88. The molecule has 1 N–H and O–H groups in total. The predicted molar refractivity (Wildman–Crippen MR) is 73.9 cm³/mol. The van der Waals surface area contributed by atoms with Crippen LogP contribution >= 0.6 is 0 Å². The lowest BCUT2D eigenvalue weighted by atomic mass is 9.99. The molecule has 1 aliphatic heterocycles. The van der Waals surface area contributed by atoms with Gasteiger partial charge in [0.25, 0.3) is 0 Å². The molecule has 1 amide bonds. The first-order chi connectivity index (χ1) is 9.58. The number of carboxylic acid groups (broad SMARTS) is 1. The van der Waals surface area contributed by atoms with Gasteiger partial charge in [-0.2, -0.15) is 0 Å². The van der Waals surface area contributed by atoms with Gasteiger partial charge in [0, 0.05) is 12.5 Å². The van der Waals surface area contributed by atoms with Gasteiger partial charge < -0.3 is 14.7 Å². The van der Waals surface area contributed by atoms with E-state index in [0.717, 1.165) is 19.4 Å². The van der Waals surface area contributed by atoms with Crippen molar-refractivity contribution >= 4 is 11.9 Å². The van der Waals surface area contributed by atoms with Crippen molar-refractivity contribution < 1.29 is 19.4 Å². The Bertz CT molecular complexity index is 500. The van der Waals surface area contributed by atoms with Crippen LogP contribution in [0.25, 0.3) is 0 Å². The molecule has 5 heteroatoms. The number of hydrogen-bond acceptors (Lipinski definition) is 3. The number of rotatable bonds is 5. The van der Waals surface area contributed by atoms with Gasteiger partial charge in [0.05, 0.1) is 12.1 Å². The number of carbonyl (C=O) groups excluding carboxylic acids is 1. The molecule has 1 aromatic carbocycles. The molecule has 1 aromatic rings. The van der Waals surface area contributed by atoms with Crippen LogP contribution in [0.4, 0.5) is 0 Å². The Balaban J connectivity index is 1.85. The maximum Gasteiger partial charge on any atom is 0.335 e. The molecule has 0 saturated carbocycles. The lowest BCUT2D eigenvalue weighted by Crippen LogP contribution is -2.42. The van der Waals surface area contributed by atoms with Gasteiger partial charge in [-0.15, -0.1) is 0 Å². The molecule has 1 atom stereocenters. The van der Waals surface area contributed by atoms with Crippen LogP contribution in [0.5, 0.6) is 5.75 Å². The van der Waals surface area contributed by atoms with E-state index in [2.05, 4.69) is 0 Å². The Kier molecular flexibility index (Phi) is 4.61. The van der Waals surface area contributed by atoms with Gasteiger partial charge in [-0.05, 0) is 31.0 Å². The fourth-order valence-electron chi connectivity index (χ4n) is 2.35. The Morgan fingerprint density at radius 1 is 1.50 bits per heavy atom. The van der Waals surface area contributed by atoms with Crippen LogP contribution < -0.4 is 4.74 Å². The molecule has 1 unspecified atom stereocenters. The second-order valence-electron chi connectivity index (χ2n) is 5.05. The van der Waals surface area contributed by atoms with E-state index in [9.17, 15) is 9.59 Å². The summed E-state index contributed by atoms with van der Waals surface area (Å²) in [6.07, 6.45) is 1.98. The van der Waals surface area contributed by atoms with E-state index in [1.807, 2.05) is 11.8 Å². The fourth-order valence-corrected chi connectivity index (χ4v) is 2.35. The highest BCUT2D eigenvalue weighted by Gasteiger charge is 2.24. The van der Waals surface area contributed by atoms with Crippen LogP contribution in [-0.2, 0) is 4.79 Å². The number of likely N-dealkylation sites (tertiary alicyclic amines) is 1.